The molecule has 0 heterocycles. The average Bonchev–Trinajstić information content (AvgIpc) is 2.97. The molecule has 0 amide bonds. The molecule has 0 bridgehead atoms. The molecule has 0 aliphatic carbocycles. The van der Waals surface area contributed by atoms with Crippen LogP contribution in [0.15, 0.2) is 105 Å². The van der Waals surface area contributed by atoms with Crippen molar-refractivity contribution >= 4 is 36.0 Å². The van der Waals surface area contributed by atoms with Crippen molar-refractivity contribution in [3.8, 4) is 34.1 Å². The van der Waals surface area contributed by atoms with Gasteiger partial charge in [0.15, 0.2) is 23.0 Å². The van der Waals surface area contributed by atoms with Gasteiger partial charge in [-0.15, -0.1) is 0 Å². The van der Waals surface area contributed by atoms with Crippen molar-refractivity contribution < 1.29 is 42.5 Å². The second-order valence-corrected chi connectivity index (χ2v) is 7.94. The third-order valence-electron chi connectivity index (χ3n) is 5.21. The molecule has 0 aliphatic heterocycles. The number of carbonyl (C=O) groups is 4. The first-order valence-electron chi connectivity index (χ1n) is 11.8. The standard InChI is InChI=1S/C32H23FO8/c1-5-29(34)38-25-15-10-20(17-27(25)40-31(36)7-3)9-11-21-12-13-22(18-24(21)33)23-14-16-26(39-30(35)6-2)28(19-23)41-32(37)8-4/h5-19H,1-4H2/b11-9+. The van der Waals surface area contributed by atoms with Crippen LogP contribution in [0.25, 0.3) is 23.3 Å². The fourth-order valence-electron chi connectivity index (χ4n) is 3.27. The van der Waals surface area contributed by atoms with E-state index in [9.17, 15) is 19.2 Å². The second-order valence-electron chi connectivity index (χ2n) is 7.94. The Morgan fingerprint density at radius 1 is 0.537 bits per heavy atom. The predicted octanol–water partition coefficient (Wildman–Crippen LogP) is 6.03. The summed E-state index contributed by atoms with van der Waals surface area (Å²) in [5.74, 6) is -3.77. The first-order chi connectivity index (χ1) is 19.7. The predicted molar refractivity (Wildman–Crippen MR) is 151 cm³/mol. The number of esters is 4. The highest BCUT2D eigenvalue weighted by Gasteiger charge is 2.15. The maximum absolute atomic E-state index is 15.1. The van der Waals surface area contributed by atoms with Crippen LogP contribution in [0.2, 0.25) is 0 Å². The fourth-order valence-corrected chi connectivity index (χ4v) is 3.27. The number of halogens is 1. The summed E-state index contributed by atoms with van der Waals surface area (Å²) in [6, 6.07) is 13.3. The van der Waals surface area contributed by atoms with E-state index in [1.807, 2.05) is 0 Å². The molecular weight excluding hydrogens is 531 g/mol. The van der Waals surface area contributed by atoms with E-state index >= 15 is 4.39 Å². The van der Waals surface area contributed by atoms with Crippen LogP contribution in [0.4, 0.5) is 4.39 Å². The summed E-state index contributed by atoms with van der Waals surface area (Å²) >= 11 is 0. The quantitative estimate of drug-likeness (QED) is 0.123. The van der Waals surface area contributed by atoms with Gasteiger partial charge in [-0.3, -0.25) is 0 Å². The number of benzene rings is 3. The van der Waals surface area contributed by atoms with Gasteiger partial charge in [-0.25, -0.2) is 23.6 Å². The molecule has 41 heavy (non-hydrogen) atoms. The lowest BCUT2D eigenvalue weighted by Gasteiger charge is -2.11. The molecule has 0 saturated carbocycles. The van der Waals surface area contributed by atoms with E-state index in [0.717, 1.165) is 24.3 Å². The summed E-state index contributed by atoms with van der Waals surface area (Å²) in [7, 11) is 0. The van der Waals surface area contributed by atoms with E-state index in [1.165, 1.54) is 42.5 Å². The van der Waals surface area contributed by atoms with Gasteiger partial charge in [-0.2, -0.15) is 0 Å². The lowest BCUT2D eigenvalue weighted by Crippen LogP contribution is -2.08. The Kier molecular flexibility index (Phi) is 10.0. The van der Waals surface area contributed by atoms with E-state index in [2.05, 4.69) is 26.3 Å². The number of rotatable bonds is 11. The molecule has 3 aromatic carbocycles. The number of hydrogen-bond acceptors (Lipinski definition) is 8. The minimum atomic E-state index is -0.779. The number of hydrogen-bond donors (Lipinski definition) is 0. The summed E-state index contributed by atoms with van der Waals surface area (Å²) in [5.41, 5.74) is 1.67. The van der Waals surface area contributed by atoms with E-state index in [1.54, 1.807) is 24.3 Å². The van der Waals surface area contributed by atoms with Crippen molar-refractivity contribution in [3.63, 3.8) is 0 Å². The molecule has 0 unspecified atom stereocenters. The third kappa shape index (κ3) is 8.08. The molecule has 206 valence electrons. The van der Waals surface area contributed by atoms with Gasteiger partial charge in [0, 0.05) is 29.9 Å². The van der Waals surface area contributed by atoms with Crippen molar-refractivity contribution in [2.45, 2.75) is 0 Å². The van der Waals surface area contributed by atoms with E-state index < -0.39 is 29.7 Å². The number of carbonyl (C=O) groups excluding carboxylic acids is 4. The van der Waals surface area contributed by atoms with Crippen LogP contribution < -0.4 is 18.9 Å². The van der Waals surface area contributed by atoms with Gasteiger partial charge >= 0.3 is 23.9 Å². The summed E-state index contributed by atoms with van der Waals surface area (Å²) in [5, 5.41) is 0. The van der Waals surface area contributed by atoms with Gasteiger partial charge in [0.1, 0.15) is 5.82 Å². The molecule has 0 saturated heterocycles. The zero-order valence-electron chi connectivity index (χ0n) is 21.6. The summed E-state index contributed by atoms with van der Waals surface area (Å²) < 4.78 is 35.6. The van der Waals surface area contributed by atoms with Crippen LogP contribution in [0.5, 0.6) is 23.0 Å². The van der Waals surface area contributed by atoms with Gasteiger partial charge < -0.3 is 18.9 Å². The number of ether oxygens (including phenoxy) is 4. The normalized spacial score (nSPS) is 10.3. The van der Waals surface area contributed by atoms with Gasteiger partial charge in [-0.1, -0.05) is 62.7 Å². The van der Waals surface area contributed by atoms with Crippen molar-refractivity contribution in [3.05, 3.63) is 122 Å². The molecule has 3 rings (SSSR count). The minimum Gasteiger partial charge on any atom is -0.419 e. The van der Waals surface area contributed by atoms with Crippen LogP contribution in [-0.4, -0.2) is 23.9 Å². The van der Waals surface area contributed by atoms with E-state index in [0.29, 0.717) is 16.7 Å². The Hall–Kier alpha value is -5.83. The Morgan fingerprint density at radius 3 is 1.49 bits per heavy atom. The molecule has 0 fully saturated rings. The van der Waals surface area contributed by atoms with Gasteiger partial charge in [0.25, 0.3) is 0 Å². The maximum Gasteiger partial charge on any atom is 0.335 e. The minimum absolute atomic E-state index is 0.0128. The zero-order chi connectivity index (χ0) is 29.9. The van der Waals surface area contributed by atoms with Crippen molar-refractivity contribution in [2.24, 2.45) is 0 Å². The SMILES string of the molecule is C=CC(=O)Oc1ccc(/C=C/c2ccc(-c3ccc(OC(=O)C=C)c(OC(=O)C=C)c3)cc2F)cc1OC(=O)C=C. The van der Waals surface area contributed by atoms with Gasteiger partial charge in [-0.05, 0) is 47.0 Å². The molecule has 0 atom stereocenters. The average molecular weight is 555 g/mol. The van der Waals surface area contributed by atoms with Crippen LogP contribution >= 0.6 is 0 Å². The van der Waals surface area contributed by atoms with Crippen LogP contribution in [0, 0.1) is 5.82 Å². The largest absolute Gasteiger partial charge is 0.419 e. The molecule has 0 radical (unpaired) electrons. The summed E-state index contributed by atoms with van der Waals surface area (Å²) in [6.07, 6.45) is 6.87. The topological polar surface area (TPSA) is 105 Å². The third-order valence-corrected chi connectivity index (χ3v) is 5.21. The van der Waals surface area contributed by atoms with Crippen molar-refractivity contribution in [1.29, 1.82) is 0 Å². The Morgan fingerprint density at radius 2 is 0.976 bits per heavy atom. The molecule has 3 aromatic rings. The fraction of sp³-hybridized carbons (Fsp3) is 0. The first kappa shape index (κ1) is 29.7. The van der Waals surface area contributed by atoms with E-state index in [-0.39, 0.29) is 28.6 Å². The molecule has 0 aliphatic rings. The summed E-state index contributed by atoms with van der Waals surface area (Å²) in [4.78, 5) is 46.7. The Labute approximate surface area is 234 Å². The molecule has 0 spiro atoms. The highest BCUT2D eigenvalue weighted by Crippen LogP contribution is 2.34. The Balaban J connectivity index is 1.90. The van der Waals surface area contributed by atoms with Crippen molar-refractivity contribution in [1.82, 2.24) is 0 Å². The molecule has 8 nitrogen and oxygen atoms in total. The molecule has 9 heteroatoms. The highest BCUT2D eigenvalue weighted by molar-refractivity contribution is 5.88. The Bertz CT molecular complexity index is 1600. The second kappa shape index (κ2) is 13.8. The van der Waals surface area contributed by atoms with Crippen LogP contribution in [0.1, 0.15) is 11.1 Å². The lowest BCUT2D eigenvalue weighted by atomic mass is 10.0. The van der Waals surface area contributed by atoms with E-state index in [4.69, 9.17) is 18.9 Å². The highest BCUT2D eigenvalue weighted by atomic mass is 19.1. The lowest BCUT2D eigenvalue weighted by molar-refractivity contribution is -0.131. The van der Waals surface area contributed by atoms with Crippen LogP contribution in [-0.2, 0) is 19.2 Å². The van der Waals surface area contributed by atoms with Crippen molar-refractivity contribution in [2.75, 3.05) is 0 Å². The molecule has 0 N–H and O–H groups in total. The monoisotopic (exact) mass is 554 g/mol. The maximum atomic E-state index is 15.1. The first-order valence-corrected chi connectivity index (χ1v) is 11.8. The van der Waals surface area contributed by atoms with Crippen LogP contribution in [0.3, 0.4) is 0 Å². The molecule has 0 aromatic heterocycles. The van der Waals surface area contributed by atoms with Gasteiger partial charge in [0.05, 0.1) is 0 Å². The zero-order valence-corrected chi connectivity index (χ0v) is 21.6. The molecular formula is C32H23FO8. The summed E-state index contributed by atoms with van der Waals surface area (Å²) in [6.45, 7) is 13.3. The smallest absolute Gasteiger partial charge is 0.335 e. The van der Waals surface area contributed by atoms with Gasteiger partial charge in [0.2, 0.25) is 0 Å².